The molecule has 1 aromatic heterocycles. The van der Waals surface area contributed by atoms with Crippen LogP contribution in [-0.4, -0.2) is 44.7 Å². The molecule has 118 valence electrons. The SMILES string of the molecule is Cc1ccc(-n2nc(C(=O)NC(C)(CO)CO)cc2C)cc1. The van der Waals surface area contributed by atoms with Crippen molar-refractivity contribution in [3.63, 3.8) is 0 Å². The first-order chi connectivity index (χ1) is 10.4. The lowest BCUT2D eigenvalue weighted by molar-refractivity contribution is 0.0719. The van der Waals surface area contributed by atoms with Crippen molar-refractivity contribution in [1.29, 1.82) is 0 Å². The van der Waals surface area contributed by atoms with Gasteiger partial charge in [0.25, 0.3) is 5.91 Å². The first-order valence-electron chi connectivity index (χ1n) is 7.06. The quantitative estimate of drug-likeness (QED) is 0.768. The molecule has 3 N–H and O–H groups in total. The number of nitrogens with one attached hydrogen (secondary N) is 1. The summed E-state index contributed by atoms with van der Waals surface area (Å²) in [4.78, 5) is 12.2. The Kier molecular flexibility index (Phi) is 4.63. The molecule has 0 aliphatic heterocycles. The molecule has 0 atom stereocenters. The molecule has 0 aliphatic rings. The molecule has 1 amide bonds. The van der Waals surface area contributed by atoms with Gasteiger partial charge in [-0.05, 0) is 39.0 Å². The highest BCUT2D eigenvalue weighted by molar-refractivity contribution is 5.93. The Bertz CT molecular complexity index is 658. The van der Waals surface area contributed by atoms with Crippen LogP contribution in [0.5, 0.6) is 0 Å². The third-order valence-electron chi connectivity index (χ3n) is 3.51. The molecule has 1 aromatic carbocycles. The molecule has 0 spiro atoms. The molecule has 0 radical (unpaired) electrons. The van der Waals surface area contributed by atoms with Gasteiger partial charge in [0.15, 0.2) is 5.69 Å². The number of nitrogens with zero attached hydrogens (tertiary/aromatic N) is 2. The normalized spacial score (nSPS) is 11.5. The fourth-order valence-electron chi connectivity index (χ4n) is 2.00. The molecule has 6 heteroatoms. The number of hydrogen-bond donors (Lipinski definition) is 3. The van der Waals surface area contributed by atoms with Crippen LogP contribution in [0.3, 0.4) is 0 Å². The number of benzene rings is 1. The smallest absolute Gasteiger partial charge is 0.272 e. The van der Waals surface area contributed by atoms with Gasteiger partial charge in [-0.3, -0.25) is 4.79 Å². The lowest BCUT2D eigenvalue weighted by atomic mass is 10.1. The highest BCUT2D eigenvalue weighted by Crippen LogP contribution is 2.14. The molecular formula is C16H21N3O3. The number of hydrogen-bond acceptors (Lipinski definition) is 4. The third-order valence-corrected chi connectivity index (χ3v) is 3.51. The fraction of sp³-hybridized carbons (Fsp3) is 0.375. The van der Waals surface area contributed by atoms with Crippen molar-refractivity contribution < 1.29 is 15.0 Å². The lowest BCUT2D eigenvalue weighted by Gasteiger charge is -2.25. The molecule has 0 saturated heterocycles. The van der Waals surface area contributed by atoms with Crippen LogP contribution in [0.15, 0.2) is 30.3 Å². The van der Waals surface area contributed by atoms with Crippen molar-refractivity contribution in [3.05, 3.63) is 47.3 Å². The maximum absolute atomic E-state index is 12.2. The topological polar surface area (TPSA) is 87.4 Å². The van der Waals surface area contributed by atoms with Crippen molar-refractivity contribution in [2.75, 3.05) is 13.2 Å². The second-order valence-corrected chi connectivity index (χ2v) is 5.75. The number of aryl methyl sites for hydroxylation is 2. The van der Waals surface area contributed by atoms with E-state index in [9.17, 15) is 15.0 Å². The summed E-state index contributed by atoms with van der Waals surface area (Å²) in [5, 5.41) is 25.4. The Morgan fingerprint density at radius 3 is 2.36 bits per heavy atom. The standard InChI is InChI=1S/C16H21N3O3/c1-11-4-6-13(7-5-11)19-12(2)8-14(18-19)15(22)17-16(3,9-20)10-21/h4-8,20-21H,9-10H2,1-3H3,(H,17,22). The minimum absolute atomic E-state index is 0.242. The summed E-state index contributed by atoms with van der Waals surface area (Å²) in [6, 6.07) is 9.49. The van der Waals surface area contributed by atoms with Crippen molar-refractivity contribution in [3.8, 4) is 5.69 Å². The van der Waals surface area contributed by atoms with Crippen molar-refractivity contribution in [2.24, 2.45) is 0 Å². The van der Waals surface area contributed by atoms with Crippen LogP contribution in [-0.2, 0) is 0 Å². The molecule has 0 saturated carbocycles. The predicted octanol–water partition coefficient (Wildman–Crippen LogP) is 0.962. The zero-order valence-corrected chi connectivity index (χ0v) is 13.0. The number of amides is 1. The van der Waals surface area contributed by atoms with Crippen LogP contribution in [0.1, 0.15) is 28.7 Å². The summed E-state index contributed by atoms with van der Waals surface area (Å²) in [6.07, 6.45) is 0. The summed E-state index contributed by atoms with van der Waals surface area (Å²) in [6.45, 7) is 4.72. The molecule has 1 heterocycles. The Morgan fingerprint density at radius 2 is 1.82 bits per heavy atom. The van der Waals surface area contributed by atoms with E-state index in [4.69, 9.17) is 0 Å². The van der Waals surface area contributed by atoms with Crippen molar-refractivity contribution in [1.82, 2.24) is 15.1 Å². The molecule has 0 unspecified atom stereocenters. The lowest BCUT2D eigenvalue weighted by Crippen LogP contribution is -2.51. The summed E-state index contributed by atoms with van der Waals surface area (Å²) in [5.41, 5.74) is 2.01. The number of aliphatic hydroxyl groups is 2. The second-order valence-electron chi connectivity index (χ2n) is 5.75. The van der Waals surface area contributed by atoms with E-state index in [1.807, 2.05) is 38.1 Å². The highest BCUT2D eigenvalue weighted by atomic mass is 16.3. The van der Waals surface area contributed by atoms with Gasteiger partial charge >= 0.3 is 0 Å². The van der Waals surface area contributed by atoms with Gasteiger partial charge in [0.2, 0.25) is 0 Å². The van der Waals surface area contributed by atoms with E-state index < -0.39 is 11.4 Å². The van der Waals surface area contributed by atoms with Crippen LogP contribution < -0.4 is 5.32 Å². The van der Waals surface area contributed by atoms with Gasteiger partial charge in [-0.2, -0.15) is 5.10 Å². The van der Waals surface area contributed by atoms with E-state index in [1.165, 1.54) is 0 Å². The number of carbonyl (C=O) groups is 1. The number of carbonyl (C=O) groups excluding carboxylic acids is 1. The second kappa shape index (κ2) is 6.29. The van der Waals surface area contributed by atoms with Gasteiger partial charge in [0, 0.05) is 5.69 Å². The largest absolute Gasteiger partial charge is 0.394 e. The van der Waals surface area contributed by atoms with Gasteiger partial charge in [-0.1, -0.05) is 17.7 Å². The van der Waals surface area contributed by atoms with Crippen LogP contribution >= 0.6 is 0 Å². The Hall–Kier alpha value is -2.18. The van der Waals surface area contributed by atoms with Crippen molar-refractivity contribution >= 4 is 5.91 Å². The number of aromatic nitrogens is 2. The zero-order chi connectivity index (χ0) is 16.3. The maximum atomic E-state index is 12.2. The van der Waals surface area contributed by atoms with Crippen LogP contribution in [0.2, 0.25) is 0 Å². The first kappa shape index (κ1) is 16.2. The maximum Gasteiger partial charge on any atom is 0.272 e. The van der Waals surface area contributed by atoms with E-state index in [1.54, 1.807) is 17.7 Å². The fourth-order valence-corrected chi connectivity index (χ4v) is 2.00. The molecule has 2 rings (SSSR count). The van der Waals surface area contributed by atoms with Gasteiger partial charge < -0.3 is 15.5 Å². The van der Waals surface area contributed by atoms with Crippen LogP contribution in [0.25, 0.3) is 5.69 Å². The zero-order valence-electron chi connectivity index (χ0n) is 13.0. The summed E-state index contributed by atoms with van der Waals surface area (Å²) in [7, 11) is 0. The molecule has 0 aliphatic carbocycles. The third kappa shape index (κ3) is 3.35. The van der Waals surface area contributed by atoms with E-state index in [0.29, 0.717) is 0 Å². The molecule has 0 bridgehead atoms. The molecule has 22 heavy (non-hydrogen) atoms. The van der Waals surface area contributed by atoms with E-state index in [2.05, 4.69) is 10.4 Å². The van der Waals surface area contributed by atoms with Gasteiger partial charge in [0.05, 0.1) is 24.4 Å². The van der Waals surface area contributed by atoms with Crippen molar-refractivity contribution in [2.45, 2.75) is 26.3 Å². The van der Waals surface area contributed by atoms with E-state index in [0.717, 1.165) is 16.9 Å². The van der Waals surface area contributed by atoms with Gasteiger partial charge in [-0.25, -0.2) is 4.68 Å². The predicted molar refractivity (Wildman–Crippen MR) is 83.1 cm³/mol. The summed E-state index contributed by atoms with van der Waals surface area (Å²) < 4.78 is 1.68. The average molecular weight is 303 g/mol. The molecule has 6 nitrogen and oxygen atoms in total. The molecule has 2 aromatic rings. The van der Waals surface area contributed by atoms with Gasteiger partial charge in [0.1, 0.15) is 0 Å². The highest BCUT2D eigenvalue weighted by Gasteiger charge is 2.26. The summed E-state index contributed by atoms with van der Waals surface area (Å²) in [5.74, 6) is -0.431. The molecular weight excluding hydrogens is 282 g/mol. The molecule has 0 fully saturated rings. The summed E-state index contributed by atoms with van der Waals surface area (Å²) >= 11 is 0. The number of aliphatic hydroxyl groups excluding tert-OH is 2. The Labute approximate surface area is 129 Å². The van der Waals surface area contributed by atoms with Crippen LogP contribution in [0.4, 0.5) is 0 Å². The number of rotatable bonds is 5. The Balaban J connectivity index is 2.26. The minimum atomic E-state index is -1.07. The van der Waals surface area contributed by atoms with Crippen LogP contribution in [0, 0.1) is 13.8 Å². The minimum Gasteiger partial charge on any atom is -0.394 e. The average Bonchev–Trinajstić information content (AvgIpc) is 2.90. The van der Waals surface area contributed by atoms with Gasteiger partial charge in [-0.15, -0.1) is 0 Å². The van der Waals surface area contributed by atoms with E-state index >= 15 is 0 Å². The monoisotopic (exact) mass is 303 g/mol. The Morgan fingerprint density at radius 1 is 1.23 bits per heavy atom. The first-order valence-corrected chi connectivity index (χ1v) is 7.06. The van der Waals surface area contributed by atoms with E-state index in [-0.39, 0.29) is 18.9 Å².